The standard InChI is InChI=1S/C6H7ClN3O2P/c7-6-5(10(11)12)3-9(8-6)13-4-1-2-4/h3-4,13H,1-2H2. The van der Waals surface area contributed by atoms with E-state index in [1.807, 2.05) is 0 Å². The van der Waals surface area contributed by atoms with Crippen molar-refractivity contribution in [3.05, 3.63) is 21.5 Å². The van der Waals surface area contributed by atoms with Crippen molar-refractivity contribution in [2.75, 3.05) is 0 Å². The number of nitrogens with zero attached hydrogens (tertiary/aromatic N) is 3. The van der Waals surface area contributed by atoms with Gasteiger partial charge in [0, 0.05) is 8.73 Å². The van der Waals surface area contributed by atoms with Crippen molar-refractivity contribution in [1.82, 2.24) is 9.55 Å². The Bertz CT molecular complexity index is 350. The lowest BCUT2D eigenvalue weighted by atomic mass is 10.6. The number of hydrogen-bond acceptors (Lipinski definition) is 3. The number of nitro groups is 1. The molecule has 1 saturated carbocycles. The van der Waals surface area contributed by atoms with Crippen molar-refractivity contribution in [2.45, 2.75) is 18.5 Å². The Hall–Kier alpha value is -0.670. The van der Waals surface area contributed by atoms with Crippen molar-refractivity contribution < 1.29 is 4.92 Å². The van der Waals surface area contributed by atoms with E-state index in [4.69, 9.17) is 11.6 Å². The lowest BCUT2D eigenvalue weighted by Crippen LogP contribution is -1.86. The van der Waals surface area contributed by atoms with Gasteiger partial charge in [0.15, 0.2) is 0 Å². The highest BCUT2D eigenvalue weighted by Crippen LogP contribution is 2.40. The van der Waals surface area contributed by atoms with Crippen molar-refractivity contribution in [2.24, 2.45) is 0 Å². The van der Waals surface area contributed by atoms with E-state index in [0.717, 1.165) is 0 Å². The Morgan fingerprint density at radius 1 is 1.77 bits per heavy atom. The second-order valence-electron chi connectivity index (χ2n) is 2.91. The van der Waals surface area contributed by atoms with E-state index in [1.54, 1.807) is 4.45 Å². The summed E-state index contributed by atoms with van der Waals surface area (Å²) in [5, 5.41) is 14.3. The van der Waals surface area contributed by atoms with Gasteiger partial charge < -0.3 is 0 Å². The van der Waals surface area contributed by atoms with Gasteiger partial charge in [-0.15, -0.1) is 0 Å². The Labute approximate surface area is 81.1 Å². The van der Waals surface area contributed by atoms with E-state index in [0.29, 0.717) is 14.4 Å². The number of halogens is 1. The minimum absolute atomic E-state index is 0.0156. The Balaban J connectivity index is 2.18. The third-order valence-corrected chi connectivity index (χ3v) is 3.45. The second kappa shape index (κ2) is 3.24. The summed E-state index contributed by atoms with van der Waals surface area (Å²) in [6.07, 6.45) is 3.80. The summed E-state index contributed by atoms with van der Waals surface area (Å²) >= 11 is 5.57. The van der Waals surface area contributed by atoms with E-state index < -0.39 is 4.92 Å². The fourth-order valence-electron chi connectivity index (χ4n) is 0.932. The van der Waals surface area contributed by atoms with Crippen LogP contribution in [0.15, 0.2) is 6.20 Å². The average molecular weight is 220 g/mol. The first-order valence-electron chi connectivity index (χ1n) is 3.83. The summed E-state index contributed by atoms with van der Waals surface area (Å²) < 4.78 is 1.58. The summed E-state index contributed by atoms with van der Waals surface area (Å²) in [4.78, 5) is 9.90. The molecule has 7 heteroatoms. The van der Waals surface area contributed by atoms with Crippen LogP contribution in [0.2, 0.25) is 5.15 Å². The highest BCUT2D eigenvalue weighted by atomic mass is 35.5. The van der Waals surface area contributed by atoms with Crippen molar-refractivity contribution in [3.63, 3.8) is 0 Å². The van der Waals surface area contributed by atoms with Crippen LogP contribution in [0.3, 0.4) is 0 Å². The Kier molecular flexibility index (Phi) is 2.22. The highest BCUT2D eigenvalue weighted by molar-refractivity contribution is 7.37. The van der Waals surface area contributed by atoms with Crippen LogP contribution in [-0.4, -0.2) is 20.1 Å². The van der Waals surface area contributed by atoms with Gasteiger partial charge in [0.05, 0.1) is 4.92 Å². The molecule has 1 aliphatic carbocycles. The number of rotatable bonds is 3. The molecule has 0 spiro atoms. The second-order valence-corrected chi connectivity index (χ2v) is 4.80. The maximum Gasteiger partial charge on any atom is 0.326 e. The van der Waals surface area contributed by atoms with Crippen LogP contribution in [0.1, 0.15) is 12.8 Å². The van der Waals surface area contributed by atoms with Gasteiger partial charge in [0.1, 0.15) is 6.20 Å². The molecule has 1 aromatic heterocycles. The molecule has 2 rings (SSSR count). The molecule has 1 aliphatic rings. The quantitative estimate of drug-likeness (QED) is 0.444. The zero-order valence-corrected chi connectivity index (χ0v) is 8.36. The molecule has 1 heterocycles. The molecule has 0 aromatic carbocycles. The van der Waals surface area contributed by atoms with Gasteiger partial charge in [0.25, 0.3) is 0 Å². The van der Waals surface area contributed by atoms with Crippen LogP contribution in [0.5, 0.6) is 0 Å². The highest BCUT2D eigenvalue weighted by Gasteiger charge is 2.25. The minimum atomic E-state index is -0.511. The largest absolute Gasteiger partial charge is 0.326 e. The van der Waals surface area contributed by atoms with Gasteiger partial charge in [-0.25, -0.2) is 4.45 Å². The molecule has 13 heavy (non-hydrogen) atoms. The van der Waals surface area contributed by atoms with Crippen LogP contribution >= 0.6 is 20.3 Å². The van der Waals surface area contributed by atoms with Gasteiger partial charge in [-0.3, -0.25) is 10.1 Å². The zero-order valence-electron chi connectivity index (χ0n) is 6.61. The maximum atomic E-state index is 10.4. The molecule has 1 atom stereocenters. The molecule has 0 bridgehead atoms. The molecule has 70 valence electrons. The first-order chi connectivity index (χ1) is 6.16. The van der Waals surface area contributed by atoms with E-state index in [1.165, 1.54) is 19.0 Å². The Morgan fingerprint density at radius 3 is 2.92 bits per heavy atom. The van der Waals surface area contributed by atoms with Crippen molar-refractivity contribution >= 4 is 26.0 Å². The molecular weight excluding hydrogens is 213 g/mol. The van der Waals surface area contributed by atoms with Gasteiger partial charge in [-0.1, -0.05) is 11.6 Å². The third kappa shape index (κ3) is 1.98. The first-order valence-corrected chi connectivity index (χ1v) is 5.23. The molecule has 0 saturated heterocycles. The van der Waals surface area contributed by atoms with Crippen LogP contribution in [-0.2, 0) is 0 Å². The topological polar surface area (TPSA) is 61.0 Å². The predicted octanol–water partition coefficient (Wildman–Crippen LogP) is 2.05. The van der Waals surface area contributed by atoms with E-state index in [9.17, 15) is 10.1 Å². The molecule has 0 aliphatic heterocycles. The smallest absolute Gasteiger partial charge is 0.258 e. The molecule has 5 nitrogen and oxygen atoms in total. The van der Waals surface area contributed by atoms with Gasteiger partial charge in [-0.05, 0) is 18.5 Å². The summed E-state index contributed by atoms with van der Waals surface area (Å²) in [5.74, 6) is 0. The van der Waals surface area contributed by atoms with Crippen LogP contribution in [0.4, 0.5) is 5.69 Å². The first kappa shape index (κ1) is 8.91. The van der Waals surface area contributed by atoms with E-state index in [-0.39, 0.29) is 10.8 Å². The van der Waals surface area contributed by atoms with Crippen LogP contribution in [0.25, 0.3) is 0 Å². The van der Waals surface area contributed by atoms with E-state index in [2.05, 4.69) is 5.10 Å². The van der Waals surface area contributed by atoms with E-state index >= 15 is 0 Å². The fourth-order valence-corrected chi connectivity index (χ4v) is 2.35. The lowest BCUT2D eigenvalue weighted by molar-refractivity contribution is -0.384. The SMILES string of the molecule is O=[N+]([O-])c1cn(PC2CC2)nc1Cl. The summed E-state index contributed by atoms with van der Waals surface area (Å²) in [6, 6.07) is 0. The summed E-state index contributed by atoms with van der Waals surface area (Å²) in [6.45, 7) is 0. The molecule has 0 radical (unpaired) electrons. The van der Waals surface area contributed by atoms with Gasteiger partial charge in [0.2, 0.25) is 5.15 Å². The molecule has 0 amide bonds. The lowest BCUT2D eigenvalue weighted by Gasteiger charge is -1.94. The maximum absolute atomic E-state index is 10.4. The zero-order chi connectivity index (χ0) is 9.42. The average Bonchev–Trinajstić information content (AvgIpc) is 2.75. The minimum Gasteiger partial charge on any atom is -0.258 e. The predicted molar refractivity (Wildman–Crippen MR) is 50.6 cm³/mol. The van der Waals surface area contributed by atoms with Gasteiger partial charge in [-0.2, -0.15) is 5.10 Å². The van der Waals surface area contributed by atoms with Crippen molar-refractivity contribution in [3.8, 4) is 0 Å². The molecule has 0 N–H and O–H groups in total. The molecule has 1 aromatic rings. The molecular formula is C6H7ClN3O2P. The summed E-state index contributed by atoms with van der Waals surface area (Å²) in [5.41, 5.74) is 0.561. The van der Waals surface area contributed by atoms with Gasteiger partial charge >= 0.3 is 5.69 Å². The van der Waals surface area contributed by atoms with Crippen LogP contribution < -0.4 is 0 Å². The van der Waals surface area contributed by atoms with Crippen molar-refractivity contribution in [1.29, 1.82) is 0 Å². The molecule has 1 unspecified atom stereocenters. The third-order valence-electron chi connectivity index (χ3n) is 1.74. The summed E-state index contributed by atoms with van der Waals surface area (Å²) in [7, 11) is 0.499. The fraction of sp³-hybridized carbons (Fsp3) is 0.500. The number of aromatic nitrogens is 2. The molecule has 1 fully saturated rings. The normalized spacial score (nSPS) is 17.0. The Morgan fingerprint density at radius 2 is 2.46 bits per heavy atom. The van der Waals surface area contributed by atoms with Crippen LogP contribution in [0, 0.1) is 10.1 Å². The monoisotopic (exact) mass is 219 g/mol. The number of hydrogen-bond donors (Lipinski definition) is 0.